The van der Waals surface area contributed by atoms with E-state index in [0.29, 0.717) is 13.0 Å². The van der Waals surface area contributed by atoms with Gasteiger partial charge < -0.3 is 28.8 Å². The minimum Gasteiger partial charge on any atom is -1.00 e. The van der Waals surface area contributed by atoms with Crippen molar-refractivity contribution in [2.75, 3.05) is 13.1 Å². The van der Waals surface area contributed by atoms with E-state index in [1.807, 2.05) is 34.6 Å². The lowest BCUT2D eigenvalue weighted by Gasteiger charge is -2.29. The van der Waals surface area contributed by atoms with Gasteiger partial charge in [-0.15, -0.1) is 0 Å². The second-order valence-corrected chi connectivity index (χ2v) is 6.15. The summed E-state index contributed by atoms with van der Waals surface area (Å²) < 4.78 is 0. The summed E-state index contributed by atoms with van der Waals surface area (Å²) in [6.45, 7) is 11.2. The third-order valence-corrected chi connectivity index (χ3v) is 3.68. The first-order valence-corrected chi connectivity index (χ1v) is 7.64. The minimum absolute atomic E-state index is 0. The molecule has 0 fully saturated rings. The van der Waals surface area contributed by atoms with Crippen LogP contribution in [0, 0.1) is 11.3 Å². The molecule has 2 unspecified atom stereocenters. The van der Waals surface area contributed by atoms with Crippen molar-refractivity contribution in [1.29, 1.82) is 0 Å². The fourth-order valence-corrected chi connectivity index (χ4v) is 2.13. The number of carbonyl (C=O) groups is 2. The van der Waals surface area contributed by atoms with E-state index in [2.05, 4.69) is 16.4 Å². The van der Waals surface area contributed by atoms with Crippen LogP contribution in [0.25, 0.3) is 0 Å². The average molecular weight is 322 g/mol. The summed E-state index contributed by atoms with van der Waals surface area (Å²) in [5, 5.41) is 5.85. The number of quaternary nitrogens is 1. The molecule has 0 aromatic carbocycles. The zero-order valence-corrected chi connectivity index (χ0v) is 14.8. The fraction of sp³-hybridized carbons (Fsp3) is 0.867. The highest BCUT2D eigenvalue weighted by Crippen LogP contribution is 2.30. The molecule has 6 heteroatoms. The molecule has 0 aromatic heterocycles. The molecule has 0 aliphatic rings. The molecule has 126 valence electrons. The van der Waals surface area contributed by atoms with Crippen molar-refractivity contribution in [1.82, 2.24) is 10.6 Å². The highest BCUT2D eigenvalue weighted by atomic mass is 35.5. The number of rotatable bonds is 9. The molecule has 0 aromatic rings. The predicted octanol–water partition coefficient (Wildman–Crippen LogP) is -2.29. The molecule has 5 nitrogen and oxygen atoms in total. The molecule has 0 radical (unpaired) electrons. The van der Waals surface area contributed by atoms with Crippen molar-refractivity contribution >= 4 is 11.8 Å². The van der Waals surface area contributed by atoms with Crippen LogP contribution in [0.4, 0.5) is 0 Å². The molecular formula is C15H32ClN3O2. The van der Waals surface area contributed by atoms with Gasteiger partial charge in [-0.3, -0.25) is 9.59 Å². The minimum atomic E-state index is -0.491. The quantitative estimate of drug-likeness (QED) is 0.417. The lowest BCUT2D eigenvalue weighted by molar-refractivity contribution is -0.367. The fourth-order valence-electron chi connectivity index (χ4n) is 2.13. The molecule has 0 bridgehead atoms. The Kier molecular flexibility index (Phi) is 11.6. The van der Waals surface area contributed by atoms with Gasteiger partial charge in [0, 0.05) is 30.3 Å². The Labute approximate surface area is 135 Å². The van der Waals surface area contributed by atoms with Crippen LogP contribution in [0.15, 0.2) is 0 Å². The maximum atomic E-state index is 12.3. The number of hydrogen-bond donors (Lipinski definition) is 3. The molecule has 0 saturated heterocycles. The lowest BCUT2D eigenvalue weighted by atomic mass is 9.78. The van der Waals surface area contributed by atoms with E-state index < -0.39 is 5.41 Å². The Morgan fingerprint density at radius 3 is 2.24 bits per heavy atom. The number of halogens is 1. The van der Waals surface area contributed by atoms with Gasteiger partial charge >= 0.3 is 0 Å². The summed E-state index contributed by atoms with van der Waals surface area (Å²) in [5.41, 5.74) is 3.27. The second kappa shape index (κ2) is 10.9. The molecule has 21 heavy (non-hydrogen) atoms. The first kappa shape index (κ1) is 22.5. The third kappa shape index (κ3) is 8.27. The van der Waals surface area contributed by atoms with Crippen molar-refractivity contribution in [3.05, 3.63) is 0 Å². The van der Waals surface area contributed by atoms with Gasteiger partial charge in [0.1, 0.15) is 0 Å². The van der Waals surface area contributed by atoms with E-state index in [9.17, 15) is 9.59 Å². The Morgan fingerprint density at radius 1 is 1.24 bits per heavy atom. The molecule has 0 saturated carbocycles. The van der Waals surface area contributed by atoms with E-state index in [4.69, 9.17) is 0 Å². The molecule has 0 heterocycles. The Morgan fingerprint density at radius 2 is 1.81 bits per heavy atom. The van der Waals surface area contributed by atoms with Crippen LogP contribution < -0.4 is 28.8 Å². The van der Waals surface area contributed by atoms with Crippen molar-refractivity contribution in [2.45, 2.75) is 59.9 Å². The normalized spacial score (nSPS) is 14.8. The molecule has 5 N–H and O–H groups in total. The number of nitrogens with one attached hydrogen (secondary N) is 2. The van der Waals surface area contributed by atoms with Gasteiger partial charge in [0.15, 0.2) is 0 Å². The zero-order valence-electron chi connectivity index (χ0n) is 14.1. The number of amides is 2. The van der Waals surface area contributed by atoms with Crippen LogP contribution in [0.1, 0.15) is 53.9 Å². The zero-order chi connectivity index (χ0) is 15.8. The van der Waals surface area contributed by atoms with Crippen LogP contribution in [-0.4, -0.2) is 30.9 Å². The smallest absolute Gasteiger partial charge is 0.225 e. The van der Waals surface area contributed by atoms with Crippen LogP contribution in [0.5, 0.6) is 0 Å². The van der Waals surface area contributed by atoms with Crippen molar-refractivity contribution in [3.63, 3.8) is 0 Å². The highest BCUT2D eigenvalue weighted by molar-refractivity contribution is 5.84. The molecular weight excluding hydrogens is 290 g/mol. The third-order valence-electron chi connectivity index (χ3n) is 3.68. The van der Waals surface area contributed by atoms with E-state index in [-0.39, 0.29) is 36.2 Å². The SMILES string of the molecule is CCC(C)(CC(C)C(=O)NC(C)C)C(=O)NCCC[NH3+].[Cl-]. The molecule has 0 aliphatic carbocycles. The van der Waals surface area contributed by atoms with E-state index in [1.54, 1.807) is 0 Å². The van der Waals surface area contributed by atoms with Gasteiger partial charge in [-0.05, 0) is 26.7 Å². The molecule has 2 amide bonds. The van der Waals surface area contributed by atoms with Crippen LogP contribution in [0.3, 0.4) is 0 Å². The Bertz CT molecular complexity index is 324. The standard InChI is InChI=1S/C15H31N3O2.ClH/c1-6-15(5,14(20)17-9-7-8-16)10-12(4)13(19)18-11(2)3;/h11-12H,6-10,16H2,1-5H3,(H,17,20)(H,18,19);1H. The highest BCUT2D eigenvalue weighted by Gasteiger charge is 2.34. The van der Waals surface area contributed by atoms with Crippen LogP contribution in [0.2, 0.25) is 0 Å². The maximum Gasteiger partial charge on any atom is 0.225 e. The number of hydrogen-bond acceptors (Lipinski definition) is 2. The summed E-state index contributed by atoms with van der Waals surface area (Å²) in [7, 11) is 0. The van der Waals surface area contributed by atoms with Gasteiger partial charge in [-0.1, -0.05) is 20.8 Å². The second-order valence-electron chi connectivity index (χ2n) is 6.15. The van der Waals surface area contributed by atoms with Crippen molar-refractivity contribution in [2.24, 2.45) is 11.3 Å². The maximum absolute atomic E-state index is 12.3. The van der Waals surface area contributed by atoms with E-state index in [0.717, 1.165) is 19.4 Å². The van der Waals surface area contributed by atoms with Gasteiger partial charge in [0.2, 0.25) is 11.8 Å². The molecule has 2 atom stereocenters. The predicted molar refractivity (Wildman–Crippen MR) is 80.8 cm³/mol. The summed E-state index contributed by atoms with van der Waals surface area (Å²) in [5.74, 6) is -0.108. The van der Waals surface area contributed by atoms with Crippen molar-refractivity contribution < 1.29 is 27.7 Å². The Hall–Kier alpha value is -0.810. The topological polar surface area (TPSA) is 85.8 Å². The number of carbonyl (C=O) groups excluding carboxylic acids is 2. The van der Waals surface area contributed by atoms with Crippen LogP contribution >= 0.6 is 0 Å². The van der Waals surface area contributed by atoms with Gasteiger partial charge in [0.05, 0.1) is 6.54 Å². The molecule has 0 spiro atoms. The van der Waals surface area contributed by atoms with E-state index in [1.165, 1.54) is 0 Å². The molecule has 0 rings (SSSR count). The lowest BCUT2D eigenvalue weighted by Crippen LogP contribution is -3.00. The van der Waals surface area contributed by atoms with Gasteiger partial charge in [-0.25, -0.2) is 0 Å². The Balaban J connectivity index is 0. The average Bonchev–Trinajstić information content (AvgIpc) is 2.37. The largest absolute Gasteiger partial charge is 1.00 e. The monoisotopic (exact) mass is 321 g/mol. The molecule has 0 aliphatic heterocycles. The van der Waals surface area contributed by atoms with Gasteiger partial charge in [-0.2, -0.15) is 0 Å². The summed E-state index contributed by atoms with van der Waals surface area (Å²) >= 11 is 0. The first-order chi connectivity index (χ1) is 9.26. The van der Waals surface area contributed by atoms with Crippen molar-refractivity contribution in [3.8, 4) is 0 Å². The van der Waals surface area contributed by atoms with E-state index >= 15 is 0 Å². The first-order valence-electron chi connectivity index (χ1n) is 7.64. The van der Waals surface area contributed by atoms with Gasteiger partial charge in [0.25, 0.3) is 0 Å². The summed E-state index contributed by atoms with van der Waals surface area (Å²) in [6, 6.07) is 0.128. The summed E-state index contributed by atoms with van der Waals surface area (Å²) in [4.78, 5) is 24.3. The summed E-state index contributed by atoms with van der Waals surface area (Å²) in [6.07, 6.45) is 2.18. The van der Waals surface area contributed by atoms with Crippen LogP contribution in [-0.2, 0) is 9.59 Å².